The SMILES string of the molecule is C=C(C)COc1ccc(C2Nc3ccccc3C(=O)N2C(C)CC)cc1. The summed E-state index contributed by atoms with van der Waals surface area (Å²) in [5, 5.41) is 3.53. The van der Waals surface area contributed by atoms with Crippen molar-refractivity contribution in [3.8, 4) is 5.75 Å². The molecule has 0 fully saturated rings. The Hall–Kier alpha value is -2.75. The zero-order valence-corrected chi connectivity index (χ0v) is 15.7. The molecule has 1 amide bonds. The predicted molar refractivity (Wildman–Crippen MR) is 105 cm³/mol. The molecule has 1 aliphatic rings. The Morgan fingerprint density at radius 2 is 1.92 bits per heavy atom. The van der Waals surface area contributed by atoms with Crippen LogP contribution in [0, 0.1) is 0 Å². The zero-order chi connectivity index (χ0) is 18.7. The molecule has 2 aromatic rings. The Balaban J connectivity index is 1.91. The first kappa shape index (κ1) is 18.1. The van der Waals surface area contributed by atoms with E-state index in [0.29, 0.717) is 6.61 Å². The molecule has 1 aliphatic heterocycles. The number of carbonyl (C=O) groups excluding carboxylic acids is 1. The molecular formula is C22H26N2O2. The Morgan fingerprint density at radius 3 is 2.58 bits per heavy atom. The minimum Gasteiger partial charge on any atom is -0.489 e. The van der Waals surface area contributed by atoms with E-state index in [9.17, 15) is 4.79 Å². The number of hydrogen-bond acceptors (Lipinski definition) is 3. The van der Waals surface area contributed by atoms with E-state index in [1.807, 2.05) is 60.4 Å². The van der Waals surface area contributed by atoms with Crippen LogP contribution in [-0.4, -0.2) is 23.5 Å². The van der Waals surface area contributed by atoms with Gasteiger partial charge in [0, 0.05) is 11.7 Å². The third kappa shape index (κ3) is 3.59. The summed E-state index contributed by atoms with van der Waals surface area (Å²) in [7, 11) is 0. The number of nitrogens with zero attached hydrogens (tertiary/aromatic N) is 1. The van der Waals surface area contributed by atoms with Crippen molar-refractivity contribution in [1.82, 2.24) is 4.90 Å². The summed E-state index contributed by atoms with van der Waals surface area (Å²) < 4.78 is 5.68. The molecule has 2 aromatic carbocycles. The third-order valence-corrected chi connectivity index (χ3v) is 4.71. The summed E-state index contributed by atoms with van der Waals surface area (Å²) in [6, 6.07) is 15.7. The molecule has 2 atom stereocenters. The van der Waals surface area contributed by atoms with Gasteiger partial charge in [0.2, 0.25) is 0 Å². The maximum Gasteiger partial charge on any atom is 0.258 e. The molecule has 0 bridgehead atoms. The van der Waals surface area contributed by atoms with Crippen LogP contribution in [0.5, 0.6) is 5.75 Å². The van der Waals surface area contributed by atoms with E-state index in [1.54, 1.807) is 0 Å². The van der Waals surface area contributed by atoms with Crippen LogP contribution in [0.25, 0.3) is 0 Å². The number of ether oxygens (including phenoxy) is 1. The highest BCUT2D eigenvalue weighted by Gasteiger charge is 2.35. The van der Waals surface area contributed by atoms with Gasteiger partial charge >= 0.3 is 0 Å². The summed E-state index contributed by atoms with van der Waals surface area (Å²) in [4.78, 5) is 15.0. The van der Waals surface area contributed by atoms with Crippen molar-refractivity contribution in [1.29, 1.82) is 0 Å². The normalized spacial score (nSPS) is 17.3. The van der Waals surface area contributed by atoms with Gasteiger partial charge in [0.15, 0.2) is 0 Å². The van der Waals surface area contributed by atoms with Crippen molar-refractivity contribution >= 4 is 11.6 Å². The van der Waals surface area contributed by atoms with Crippen LogP contribution in [0.2, 0.25) is 0 Å². The Labute approximate surface area is 155 Å². The van der Waals surface area contributed by atoms with Crippen LogP contribution in [0.15, 0.2) is 60.7 Å². The first-order valence-electron chi connectivity index (χ1n) is 9.06. The summed E-state index contributed by atoms with van der Waals surface area (Å²) in [5.41, 5.74) is 3.62. The van der Waals surface area contributed by atoms with Crippen molar-refractivity contribution in [3.63, 3.8) is 0 Å². The number of anilines is 1. The van der Waals surface area contributed by atoms with E-state index in [-0.39, 0.29) is 18.1 Å². The summed E-state index contributed by atoms with van der Waals surface area (Å²) in [6.45, 7) is 10.5. The molecule has 0 aliphatic carbocycles. The number of benzene rings is 2. The molecule has 0 spiro atoms. The molecule has 0 saturated heterocycles. The van der Waals surface area contributed by atoms with Gasteiger partial charge in [-0.15, -0.1) is 0 Å². The van der Waals surface area contributed by atoms with Crippen molar-refractivity contribution in [2.45, 2.75) is 39.4 Å². The molecule has 26 heavy (non-hydrogen) atoms. The monoisotopic (exact) mass is 350 g/mol. The molecule has 2 unspecified atom stereocenters. The minimum absolute atomic E-state index is 0.0707. The fourth-order valence-corrected chi connectivity index (χ4v) is 3.12. The molecule has 3 rings (SSSR count). The fourth-order valence-electron chi connectivity index (χ4n) is 3.12. The van der Waals surface area contributed by atoms with E-state index < -0.39 is 0 Å². The van der Waals surface area contributed by atoms with Crippen LogP contribution in [-0.2, 0) is 0 Å². The smallest absolute Gasteiger partial charge is 0.258 e. The quantitative estimate of drug-likeness (QED) is 0.745. The molecule has 1 N–H and O–H groups in total. The molecule has 0 aromatic heterocycles. The number of nitrogens with one attached hydrogen (secondary N) is 1. The van der Waals surface area contributed by atoms with Crippen molar-refractivity contribution in [2.24, 2.45) is 0 Å². The van der Waals surface area contributed by atoms with Gasteiger partial charge in [-0.25, -0.2) is 0 Å². The van der Waals surface area contributed by atoms with E-state index in [4.69, 9.17) is 4.74 Å². The molecule has 1 heterocycles. The van der Waals surface area contributed by atoms with E-state index in [0.717, 1.165) is 34.6 Å². The van der Waals surface area contributed by atoms with Crippen molar-refractivity contribution < 1.29 is 9.53 Å². The van der Waals surface area contributed by atoms with Crippen LogP contribution in [0.1, 0.15) is 49.3 Å². The lowest BCUT2D eigenvalue weighted by Gasteiger charge is -2.41. The number of hydrogen-bond donors (Lipinski definition) is 1. The highest BCUT2D eigenvalue weighted by atomic mass is 16.5. The average molecular weight is 350 g/mol. The Kier molecular flexibility index (Phi) is 5.31. The van der Waals surface area contributed by atoms with Crippen molar-refractivity contribution in [2.75, 3.05) is 11.9 Å². The van der Waals surface area contributed by atoms with E-state index in [1.165, 1.54) is 0 Å². The topological polar surface area (TPSA) is 41.6 Å². The van der Waals surface area contributed by atoms with Gasteiger partial charge in [-0.05, 0) is 55.7 Å². The Morgan fingerprint density at radius 1 is 1.23 bits per heavy atom. The van der Waals surface area contributed by atoms with Crippen LogP contribution >= 0.6 is 0 Å². The van der Waals surface area contributed by atoms with Gasteiger partial charge in [-0.1, -0.05) is 37.8 Å². The minimum atomic E-state index is -0.192. The van der Waals surface area contributed by atoms with Gasteiger partial charge < -0.3 is 15.0 Å². The zero-order valence-electron chi connectivity index (χ0n) is 15.7. The van der Waals surface area contributed by atoms with Gasteiger partial charge in [-0.3, -0.25) is 4.79 Å². The van der Waals surface area contributed by atoms with Crippen LogP contribution in [0.4, 0.5) is 5.69 Å². The number of carbonyl (C=O) groups is 1. The lowest BCUT2D eigenvalue weighted by Crippen LogP contribution is -2.47. The number of amides is 1. The second kappa shape index (κ2) is 7.65. The molecule has 0 radical (unpaired) electrons. The highest BCUT2D eigenvalue weighted by Crippen LogP contribution is 2.35. The van der Waals surface area contributed by atoms with Gasteiger partial charge in [0.25, 0.3) is 5.91 Å². The van der Waals surface area contributed by atoms with E-state index >= 15 is 0 Å². The summed E-state index contributed by atoms with van der Waals surface area (Å²) in [5.74, 6) is 0.871. The number of rotatable bonds is 6. The number of para-hydroxylation sites is 1. The summed E-state index contributed by atoms with van der Waals surface area (Å²) >= 11 is 0. The second-order valence-electron chi connectivity index (χ2n) is 6.88. The molecule has 136 valence electrons. The second-order valence-corrected chi connectivity index (χ2v) is 6.88. The first-order chi connectivity index (χ1) is 12.5. The van der Waals surface area contributed by atoms with Crippen molar-refractivity contribution in [3.05, 3.63) is 71.8 Å². The molecule has 0 saturated carbocycles. The van der Waals surface area contributed by atoms with Crippen LogP contribution in [0.3, 0.4) is 0 Å². The van der Waals surface area contributed by atoms with E-state index in [2.05, 4.69) is 25.7 Å². The lowest BCUT2D eigenvalue weighted by atomic mass is 10.0. The van der Waals surface area contributed by atoms with Gasteiger partial charge in [-0.2, -0.15) is 0 Å². The maximum atomic E-state index is 13.1. The number of fused-ring (bicyclic) bond motifs is 1. The van der Waals surface area contributed by atoms with Gasteiger partial charge in [0.1, 0.15) is 18.5 Å². The molecule has 4 heteroatoms. The summed E-state index contributed by atoms with van der Waals surface area (Å²) in [6.07, 6.45) is 0.703. The predicted octanol–water partition coefficient (Wildman–Crippen LogP) is 5.01. The first-order valence-corrected chi connectivity index (χ1v) is 9.06. The highest BCUT2D eigenvalue weighted by molar-refractivity contribution is 6.01. The molecule has 4 nitrogen and oxygen atoms in total. The third-order valence-electron chi connectivity index (χ3n) is 4.71. The van der Waals surface area contributed by atoms with Gasteiger partial charge in [0.05, 0.1) is 5.56 Å². The maximum absolute atomic E-state index is 13.1. The largest absolute Gasteiger partial charge is 0.489 e. The fraction of sp³-hybridized carbons (Fsp3) is 0.318. The Bertz CT molecular complexity index is 798. The lowest BCUT2D eigenvalue weighted by molar-refractivity contribution is 0.0593. The standard InChI is InChI=1S/C22H26N2O2/c1-5-16(4)24-21(23-20-9-7-6-8-19(20)22(24)25)17-10-12-18(13-11-17)26-14-15(2)3/h6-13,16,21,23H,2,5,14H2,1,3-4H3. The molecular weight excluding hydrogens is 324 g/mol. The average Bonchev–Trinajstić information content (AvgIpc) is 2.66. The van der Waals surface area contributed by atoms with Crippen LogP contribution < -0.4 is 10.1 Å².